The van der Waals surface area contributed by atoms with Crippen LogP contribution < -0.4 is 0 Å². The van der Waals surface area contributed by atoms with Crippen LogP contribution in [0.2, 0.25) is 0 Å². The summed E-state index contributed by atoms with van der Waals surface area (Å²) in [5, 5.41) is 0. The minimum atomic E-state index is 0.725. The summed E-state index contributed by atoms with van der Waals surface area (Å²) in [7, 11) is 0. The minimum absolute atomic E-state index is 0.725. The number of pyridine rings is 2. The zero-order valence-electron chi connectivity index (χ0n) is 18.3. The smallest absolute Gasteiger partial charge is 0.117 e. The van der Waals surface area contributed by atoms with Crippen molar-refractivity contribution in [3.63, 3.8) is 0 Å². The lowest BCUT2D eigenvalue weighted by Crippen LogP contribution is -1.98. The molecule has 0 bridgehead atoms. The van der Waals surface area contributed by atoms with E-state index >= 15 is 0 Å². The van der Waals surface area contributed by atoms with Gasteiger partial charge >= 0.3 is 0 Å². The fourth-order valence-corrected chi connectivity index (χ4v) is 4.08. The molecule has 0 spiro atoms. The highest BCUT2D eigenvalue weighted by Gasteiger charge is 2.15. The van der Waals surface area contributed by atoms with Crippen LogP contribution in [-0.2, 0) is 0 Å². The molecule has 4 heteroatoms. The van der Waals surface area contributed by atoms with E-state index in [0.717, 1.165) is 44.9 Å². The third kappa shape index (κ3) is 3.82. The molecule has 3 aromatic carbocycles. The van der Waals surface area contributed by atoms with Gasteiger partial charge in [-0.3, -0.25) is 9.97 Å². The molecule has 4 nitrogen and oxygen atoms in total. The summed E-state index contributed by atoms with van der Waals surface area (Å²) in [6, 6.07) is 36.8. The van der Waals surface area contributed by atoms with E-state index in [9.17, 15) is 0 Å². The van der Waals surface area contributed by atoms with Crippen LogP contribution in [0, 0.1) is 0 Å². The molecule has 0 atom stereocenters. The molecule has 160 valence electrons. The zero-order chi connectivity index (χ0) is 22.7. The Kier molecular flexibility index (Phi) is 5.09. The summed E-state index contributed by atoms with van der Waals surface area (Å²) in [4.78, 5) is 19.0. The van der Waals surface area contributed by atoms with Crippen LogP contribution in [0.25, 0.3) is 56.1 Å². The van der Waals surface area contributed by atoms with Crippen molar-refractivity contribution in [2.24, 2.45) is 0 Å². The Morgan fingerprint density at radius 1 is 0.382 bits per heavy atom. The largest absolute Gasteiger partial charge is 0.255 e. The van der Waals surface area contributed by atoms with E-state index in [-0.39, 0.29) is 0 Å². The summed E-state index contributed by atoms with van der Waals surface area (Å²) in [5.74, 6) is 0. The minimum Gasteiger partial charge on any atom is -0.255 e. The Morgan fingerprint density at radius 3 is 1.47 bits per heavy atom. The maximum Gasteiger partial charge on any atom is 0.117 e. The number of benzene rings is 3. The first-order chi connectivity index (χ1) is 16.8. The van der Waals surface area contributed by atoms with Gasteiger partial charge in [0.15, 0.2) is 0 Å². The number of nitrogens with zero attached hydrogens (tertiary/aromatic N) is 4. The van der Waals surface area contributed by atoms with E-state index in [2.05, 4.69) is 70.6 Å². The monoisotopic (exact) mass is 436 g/mol. The highest BCUT2D eigenvalue weighted by atomic mass is 14.9. The van der Waals surface area contributed by atoms with Crippen molar-refractivity contribution in [3.8, 4) is 45.0 Å². The average Bonchev–Trinajstić information content (AvgIpc) is 2.93. The van der Waals surface area contributed by atoms with Gasteiger partial charge in [0.05, 0.1) is 22.4 Å². The molecule has 0 saturated carbocycles. The lowest BCUT2D eigenvalue weighted by atomic mass is 10.00. The Morgan fingerprint density at radius 2 is 0.882 bits per heavy atom. The normalized spacial score (nSPS) is 10.9. The summed E-state index contributed by atoms with van der Waals surface area (Å²) in [6.45, 7) is 0. The van der Waals surface area contributed by atoms with Gasteiger partial charge in [-0.25, -0.2) is 9.97 Å². The second-order valence-corrected chi connectivity index (χ2v) is 8.00. The van der Waals surface area contributed by atoms with Crippen molar-refractivity contribution in [1.82, 2.24) is 19.9 Å². The Labute approximate surface area is 197 Å². The summed E-state index contributed by atoms with van der Waals surface area (Å²) in [6.07, 6.45) is 3.54. The van der Waals surface area contributed by atoms with Crippen molar-refractivity contribution in [1.29, 1.82) is 0 Å². The molecule has 3 aromatic heterocycles. The van der Waals surface area contributed by atoms with E-state index in [0.29, 0.717) is 0 Å². The maximum atomic E-state index is 5.01. The van der Waals surface area contributed by atoms with Gasteiger partial charge in [-0.05, 0) is 58.7 Å². The quantitative estimate of drug-likeness (QED) is 0.296. The Bertz CT molecular complexity index is 1560. The standard InChI is InChI=1S/C30H20N4/c1-2-8-21(9-3-1)22-12-14-23(15-13-22)24-16-17-25-28(20-24)34-30(27-11-5-7-19-32-27)29(33-25)26-10-4-6-18-31-26/h1-20H. The van der Waals surface area contributed by atoms with Gasteiger partial charge in [0.25, 0.3) is 0 Å². The number of hydrogen-bond donors (Lipinski definition) is 0. The fraction of sp³-hybridized carbons (Fsp3) is 0. The predicted octanol–water partition coefficient (Wildman–Crippen LogP) is 7.09. The summed E-state index contributed by atoms with van der Waals surface area (Å²) in [5.41, 5.74) is 9.29. The molecule has 0 fully saturated rings. The second-order valence-electron chi connectivity index (χ2n) is 8.00. The topological polar surface area (TPSA) is 51.6 Å². The number of fused-ring (bicyclic) bond motifs is 1. The van der Waals surface area contributed by atoms with Crippen LogP contribution >= 0.6 is 0 Å². The van der Waals surface area contributed by atoms with E-state index < -0.39 is 0 Å². The van der Waals surface area contributed by atoms with Crippen LogP contribution in [0.5, 0.6) is 0 Å². The zero-order valence-corrected chi connectivity index (χ0v) is 18.3. The first kappa shape index (κ1) is 19.9. The maximum absolute atomic E-state index is 5.01. The SMILES string of the molecule is c1ccc(-c2ccc(-c3ccc4nc(-c5ccccn5)c(-c5ccccn5)nc4c3)cc2)cc1. The van der Waals surface area contributed by atoms with Gasteiger partial charge in [0.1, 0.15) is 11.4 Å². The molecule has 34 heavy (non-hydrogen) atoms. The molecule has 0 radical (unpaired) electrons. The lowest BCUT2D eigenvalue weighted by Gasteiger charge is -2.11. The van der Waals surface area contributed by atoms with Crippen molar-refractivity contribution >= 4 is 11.0 Å². The first-order valence-electron chi connectivity index (χ1n) is 11.2. The van der Waals surface area contributed by atoms with Crippen molar-refractivity contribution in [2.45, 2.75) is 0 Å². The Hall–Kier alpha value is -4.70. The molecule has 0 aliphatic heterocycles. The second kappa shape index (κ2) is 8.68. The predicted molar refractivity (Wildman–Crippen MR) is 137 cm³/mol. The van der Waals surface area contributed by atoms with E-state index in [1.165, 1.54) is 11.1 Å². The molecule has 0 aliphatic carbocycles. The summed E-state index contributed by atoms with van der Waals surface area (Å²) >= 11 is 0. The fourth-order valence-electron chi connectivity index (χ4n) is 4.08. The molecular weight excluding hydrogens is 416 g/mol. The van der Waals surface area contributed by atoms with Crippen molar-refractivity contribution in [3.05, 3.63) is 122 Å². The van der Waals surface area contributed by atoms with Gasteiger partial charge in [0.2, 0.25) is 0 Å². The number of hydrogen-bond acceptors (Lipinski definition) is 4. The molecule has 6 rings (SSSR count). The molecule has 0 N–H and O–H groups in total. The molecule has 0 amide bonds. The highest BCUT2D eigenvalue weighted by Crippen LogP contribution is 2.31. The third-order valence-electron chi connectivity index (χ3n) is 5.80. The molecule has 0 saturated heterocycles. The highest BCUT2D eigenvalue weighted by molar-refractivity contribution is 5.87. The number of rotatable bonds is 4. The lowest BCUT2D eigenvalue weighted by molar-refractivity contribution is 1.21. The van der Waals surface area contributed by atoms with E-state index in [1.807, 2.05) is 48.5 Å². The van der Waals surface area contributed by atoms with Crippen molar-refractivity contribution in [2.75, 3.05) is 0 Å². The van der Waals surface area contributed by atoms with Gasteiger partial charge in [-0.15, -0.1) is 0 Å². The summed E-state index contributed by atoms with van der Waals surface area (Å²) < 4.78 is 0. The van der Waals surface area contributed by atoms with Crippen LogP contribution in [0.1, 0.15) is 0 Å². The molecule has 3 heterocycles. The molecule has 6 aromatic rings. The van der Waals surface area contributed by atoms with Crippen molar-refractivity contribution < 1.29 is 0 Å². The molecule has 0 unspecified atom stereocenters. The van der Waals surface area contributed by atoms with Gasteiger partial charge in [-0.2, -0.15) is 0 Å². The molecule has 0 aliphatic rings. The third-order valence-corrected chi connectivity index (χ3v) is 5.80. The van der Waals surface area contributed by atoms with Crippen LogP contribution in [0.15, 0.2) is 122 Å². The van der Waals surface area contributed by atoms with Gasteiger partial charge in [-0.1, -0.05) is 72.8 Å². The van der Waals surface area contributed by atoms with Crippen LogP contribution in [0.3, 0.4) is 0 Å². The van der Waals surface area contributed by atoms with Crippen LogP contribution in [0.4, 0.5) is 0 Å². The van der Waals surface area contributed by atoms with Crippen LogP contribution in [-0.4, -0.2) is 19.9 Å². The van der Waals surface area contributed by atoms with E-state index in [1.54, 1.807) is 12.4 Å². The van der Waals surface area contributed by atoms with E-state index in [4.69, 9.17) is 9.97 Å². The van der Waals surface area contributed by atoms with Gasteiger partial charge in [0, 0.05) is 12.4 Å². The average molecular weight is 437 g/mol. The first-order valence-corrected chi connectivity index (χ1v) is 11.2. The molecular formula is C30H20N4. The Balaban J connectivity index is 1.45. The van der Waals surface area contributed by atoms with Gasteiger partial charge < -0.3 is 0 Å². The number of aromatic nitrogens is 4.